The molecule has 1 aromatic heterocycles. The van der Waals surface area contributed by atoms with Gasteiger partial charge in [-0.3, -0.25) is 25.0 Å². The quantitative estimate of drug-likeness (QED) is 0.298. The average molecular weight is 417 g/mol. The molecule has 154 valence electrons. The van der Waals surface area contributed by atoms with Crippen molar-refractivity contribution >= 4 is 35.3 Å². The number of amides is 4. The molecular formula is C22H15N3O6. The number of rotatable bonds is 4. The number of para-hydroxylation sites is 1. The van der Waals surface area contributed by atoms with Gasteiger partial charge in [0.2, 0.25) is 0 Å². The first-order chi connectivity index (χ1) is 14.8. The molecule has 2 aromatic carbocycles. The zero-order valence-electron chi connectivity index (χ0n) is 16.2. The second-order valence-electron chi connectivity index (χ2n) is 6.77. The van der Waals surface area contributed by atoms with Crippen LogP contribution in [0.3, 0.4) is 0 Å². The lowest BCUT2D eigenvalue weighted by Crippen LogP contribution is -2.54. The molecule has 0 atom stereocenters. The molecule has 0 spiro atoms. The molecule has 0 aliphatic carbocycles. The Morgan fingerprint density at radius 3 is 2.55 bits per heavy atom. The van der Waals surface area contributed by atoms with E-state index in [-0.39, 0.29) is 28.3 Å². The number of aryl methyl sites for hydroxylation is 1. The minimum absolute atomic E-state index is 0.130. The lowest BCUT2D eigenvalue weighted by molar-refractivity contribution is -0.384. The average Bonchev–Trinajstić information content (AvgIpc) is 3.19. The van der Waals surface area contributed by atoms with Crippen LogP contribution in [0.5, 0.6) is 0 Å². The third-order valence-corrected chi connectivity index (χ3v) is 4.64. The summed E-state index contributed by atoms with van der Waals surface area (Å²) in [5.41, 5.74) is 0.970. The summed E-state index contributed by atoms with van der Waals surface area (Å²) in [6.45, 7) is 1.81. The van der Waals surface area contributed by atoms with E-state index in [0.29, 0.717) is 5.69 Å². The van der Waals surface area contributed by atoms with Gasteiger partial charge in [0.15, 0.2) is 0 Å². The Labute approximate surface area is 175 Å². The monoisotopic (exact) mass is 417 g/mol. The SMILES string of the molecule is Cc1cccc(N2C(=O)NC(=O)/C(=C/c3ccc(-c4ccccc4[N+](=O)[O-])o3)C2=O)c1. The summed E-state index contributed by atoms with van der Waals surface area (Å²) in [6, 6.07) is 14.9. The highest BCUT2D eigenvalue weighted by molar-refractivity contribution is 6.39. The third-order valence-electron chi connectivity index (χ3n) is 4.64. The summed E-state index contributed by atoms with van der Waals surface area (Å²) in [6.07, 6.45) is 1.20. The van der Waals surface area contributed by atoms with Gasteiger partial charge in [0, 0.05) is 6.07 Å². The smallest absolute Gasteiger partial charge is 0.335 e. The van der Waals surface area contributed by atoms with E-state index in [2.05, 4.69) is 5.32 Å². The van der Waals surface area contributed by atoms with Crippen LogP contribution < -0.4 is 10.2 Å². The van der Waals surface area contributed by atoms with Crippen molar-refractivity contribution in [3.8, 4) is 11.3 Å². The Kier molecular flexibility index (Phi) is 4.92. The number of nitrogens with zero attached hydrogens (tertiary/aromatic N) is 2. The third kappa shape index (κ3) is 3.71. The molecule has 1 fully saturated rings. The number of benzene rings is 2. The normalized spacial score (nSPS) is 15.3. The Bertz CT molecular complexity index is 1270. The first-order valence-electron chi connectivity index (χ1n) is 9.17. The van der Waals surface area contributed by atoms with Crippen molar-refractivity contribution in [1.82, 2.24) is 5.32 Å². The largest absolute Gasteiger partial charge is 0.456 e. The van der Waals surface area contributed by atoms with E-state index in [1.54, 1.807) is 24.3 Å². The maximum absolute atomic E-state index is 12.9. The lowest BCUT2D eigenvalue weighted by atomic mass is 10.1. The van der Waals surface area contributed by atoms with Gasteiger partial charge in [0.25, 0.3) is 17.5 Å². The van der Waals surface area contributed by atoms with E-state index in [1.165, 1.54) is 36.4 Å². The van der Waals surface area contributed by atoms with E-state index in [0.717, 1.165) is 10.5 Å². The van der Waals surface area contributed by atoms with Gasteiger partial charge in [0.05, 0.1) is 16.2 Å². The highest BCUT2D eigenvalue weighted by Gasteiger charge is 2.37. The summed E-state index contributed by atoms with van der Waals surface area (Å²) < 4.78 is 5.63. The van der Waals surface area contributed by atoms with E-state index >= 15 is 0 Å². The van der Waals surface area contributed by atoms with Crippen LogP contribution in [0.15, 0.2) is 70.7 Å². The molecule has 1 aliphatic rings. The molecule has 31 heavy (non-hydrogen) atoms. The number of furan rings is 1. The first kappa shape index (κ1) is 19.8. The van der Waals surface area contributed by atoms with Crippen LogP contribution in [0.1, 0.15) is 11.3 Å². The molecule has 0 radical (unpaired) electrons. The molecule has 3 aromatic rings. The van der Waals surface area contributed by atoms with Crippen molar-refractivity contribution in [2.75, 3.05) is 4.90 Å². The molecule has 1 saturated heterocycles. The Balaban J connectivity index is 1.70. The Morgan fingerprint density at radius 1 is 1.03 bits per heavy atom. The summed E-state index contributed by atoms with van der Waals surface area (Å²) in [5.74, 6) is -1.33. The fourth-order valence-corrected chi connectivity index (χ4v) is 3.22. The van der Waals surface area contributed by atoms with Gasteiger partial charge in [-0.2, -0.15) is 0 Å². The second-order valence-corrected chi connectivity index (χ2v) is 6.77. The first-order valence-corrected chi connectivity index (χ1v) is 9.17. The van der Waals surface area contributed by atoms with Crippen molar-refractivity contribution in [2.45, 2.75) is 6.92 Å². The van der Waals surface area contributed by atoms with Crippen LogP contribution in [0.25, 0.3) is 17.4 Å². The van der Waals surface area contributed by atoms with Crippen molar-refractivity contribution in [3.05, 3.63) is 87.7 Å². The van der Waals surface area contributed by atoms with Crippen molar-refractivity contribution in [3.63, 3.8) is 0 Å². The zero-order valence-corrected chi connectivity index (χ0v) is 16.2. The number of anilines is 1. The molecule has 0 saturated carbocycles. The van der Waals surface area contributed by atoms with Crippen LogP contribution in [-0.2, 0) is 9.59 Å². The molecule has 0 bridgehead atoms. The van der Waals surface area contributed by atoms with Gasteiger partial charge in [-0.15, -0.1) is 0 Å². The number of imide groups is 2. The van der Waals surface area contributed by atoms with Crippen molar-refractivity contribution < 1.29 is 23.7 Å². The summed E-state index contributed by atoms with van der Waals surface area (Å²) in [7, 11) is 0. The molecule has 9 nitrogen and oxygen atoms in total. The lowest BCUT2D eigenvalue weighted by Gasteiger charge is -2.26. The predicted molar refractivity (Wildman–Crippen MR) is 111 cm³/mol. The topological polar surface area (TPSA) is 123 Å². The molecule has 1 N–H and O–H groups in total. The van der Waals surface area contributed by atoms with Crippen LogP contribution >= 0.6 is 0 Å². The van der Waals surface area contributed by atoms with E-state index < -0.39 is 22.8 Å². The molecular weight excluding hydrogens is 402 g/mol. The van der Waals surface area contributed by atoms with Gasteiger partial charge in [-0.25, -0.2) is 9.69 Å². The Morgan fingerprint density at radius 2 is 1.81 bits per heavy atom. The molecule has 1 aliphatic heterocycles. The number of barbiturate groups is 1. The molecule has 4 amide bonds. The molecule has 0 unspecified atom stereocenters. The van der Waals surface area contributed by atoms with Crippen LogP contribution in [-0.4, -0.2) is 22.8 Å². The number of nitrogens with one attached hydrogen (secondary N) is 1. The van der Waals surface area contributed by atoms with Gasteiger partial charge in [0.1, 0.15) is 17.1 Å². The molecule has 2 heterocycles. The summed E-state index contributed by atoms with van der Waals surface area (Å²) >= 11 is 0. The highest BCUT2D eigenvalue weighted by Crippen LogP contribution is 2.32. The predicted octanol–water partition coefficient (Wildman–Crippen LogP) is 3.83. The van der Waals surface area contributed by atoms with Crippen LogP contribution in [0, 0.1) is 17.0 Å². The number of urea groups is 1. The van der Waals surface area contributed by atoms with Crippen LogP contribution in [0.4, 0.5) is 16.2 Å². The fraction of sp³-hybridized carbons (Fsp3) is 0.0455. The van der Waals surface area contributed by atoms with Gasteiger partial charge >= 0.3 is 6.03 Å². The maximum atomic E-state index is 12.9. The van der Waals surface area contributed by atoms with E-state index in [9.17, 15) is 24.5 Å². The number of carbonyl (C=O) groups is 3. The van der Waals surface area contributed by atoms with E-state index in [4.69, 9.17) is 4.42 Å². The zero-order chi connectivity index (χ0) is 22.1. The van der Waals surface area contributed by atoms with Crippen LogP contribution in [0.2, 0.25) is 0 Å². The Hall–Kier alpha value is -4.53. The minimum Gasteiger partial charge on any atom is -0.456 e. The summed E-state index contributed by atoms with van der Waals surface area (Å²) in [5, 5.41) is 13.4. The minimum atomic E-state index is -0.859. The number of hydrogen-bond donors (Lipinski definition) is 1. The van der Waals surface area contributed by atoms with Gasteiger partial charge in [-0.05, 0) is 48.9 Å². The number of nitro benzene ring substituents is 1. The summed E-state index contributed by atoms with van der Waals surface area (Å²) in [4.78, 5) is 49.1. The van der Waals surface area contributed by atoms with Gasteiger partial charge < -0.3 is 4.42 Å². The van der Waals surface area contributed by atoms with Gasteiger partial charge in [-0.1, -0.05) is 24.3 Å². The molecule has 9 heteroatoms. The second kappa shape index (κ2) is 7.71. The number of carbonyl (C=O) groups excluding carboxylic acids is 3. The number of hydrogen-bond acceptors (Lipinski definition) is 6. The van der Waals surface area contributed by atoms with Crippen molar-refractivity contribution in [1.29, 1.82) is 0 Å². The van der Waals surface area contributed by atoms with E-state index in [1.807, 2.05) is 13.0 Å². The highest BCUT2D eigenvalue weighted by atomic mass is 16.6. The maximum Gasteiger partial charge on any atom is 0.335 e. The van der Waals surface area contributed by atoms with Crippen molar-refractivity contribution in [2.24, 2.45) is 0 Å². The fourth-order valence-electron chi connectivity index (χ4n) is 3.22. The number of nitro groups is 1. The standard InChI is InChI=1S/C22H15N3O6/c1-13-5-4-6-14(11-13)24-21(27)17(20(26)23-22(24)28)12-15-9-10-19(31-15)16-7-2-3-8-18(16)25(29)30/h2-12H,1H3,(H,23,26,28)/b17-12-. The molecule has 4 rings (SSSR count).